The van der Waals surface area contributed by atoms with Crippen LogP contribution in [0.2, 0.25) is 0 Å². The van der Waals surface area contributed by atoms with Gasteiger partial charge in [-0.2, -0.15) is 5.26 Å². The van der Waals surface area contributed by atoms with E-state index in [0.29, 0.717) is 34.8 Å². The topological polar surface area (TPSA) is 128 Å². The van der Waals surface area contributed by atoms with E-state index in [-0.39, 0.29) is 17.9 Å². The third-order valence-corrected chi connectivity index (χ3v) is 4.12. The zero-order valence-corrected chi connectivity index (χ0v) is 15.1. The maximum Gasteiger partial charge on any atom is 0.273 e. The molecule has 0 aliphatic heterocycles. The van der Waals surface area contributed by atoms with Crippen LogP contribution >= 0.6 is 0 Å². The van der Waals surface area contributed by atoms with Gasteiger partial charge in [0.05, 0.1) is 5.56 Å². The molecule has 3 N–H and O–H groups in total. The number of hydrazine groups is 1. The summed E-state index contributed by atoms with van der Waals surface area (Å²) in [5.74, 6) is 0.227. The molecule has 8 heteroatoms. The first-order valence-electron chi connectivity index (χ1n) is 8.03. The number of nitrogens with zero attached hydrogens (tertiary/aromatic N) is 1. The molecule has 0 spiro atoms. The van der Waals surface area contributed by atoms with Crippen molar-refractivity contribution < 1.29 is 14.0 Å². The van der Waals surface area contributed by atoms with E-state index in [1.165, 1.54) is 0 Å². The number of amides is 2. The van der Waals surface area contributed by atoms with Crippen molar-refractivity contribution in [3.63, 3.8) is 0 Å². The van der Waals surface area contributed by atoms with Crippen LogP contribution in [0.15, 0.2) is 15.3 Å². The maximum atomic E-state index is 12.0. The molecular formula is C18H20N4O4. The monoisotopic (exact) mass is 356 g/mol. The molecule has 0 fully saturated rings. The van der Waals surface area contributed by atoms with Crippen LogP contribution in [0, 0.1) is 39.0 Å². The smallest absolute Gasteiger partial charge is 0.273 e. The number of carbonyl (C=O) groups is 2. The van der Waals surface area contributed by atoms with E-state index >= 15 is 0 Å². The fourth-order valence-corrected chi connectivity index (χ4v) is 2.77. The standard InChI is InChI=1S/C18H20N4O4/c1-9-7-14(12(4)26-9)18(25)22-21-16(23)6-5-13-10(2)15(8-19)17(24)20-11(13)3/h7H,5-6H2,1-4H3,(H,20,24)(H,21,23)(H,22,25). The Morgan fingerprint density at radius 1 is 1.23 bits per heavy atom. The van der Waals surface area contributed by atoms with Crippen LogP contribution < -0.4 is 16.4 Å². The van der Waals surface area contributed by atoms with Crippen molar-refractivity contribution in [2.45, 2.75) is 40.5 Å². The number of aromatic nitrogens is 1. The normalized spacial score (nSPS) is 10.3. The van der Waals surface area contributed by atoms with Gasteiger partial charge in [0, 0.05) is 12.1 Å². The van der Waals surface area contributed by atoms with E-state index in [2.05, 4.69) is 15.8 Å². The number of H-pyrrole nitrogens is 1. The Bertz CT molecular complexity index is 963. The first kappa shape index (κ1) is 19.0. The first-order valence-corrected chi connectivity index (χ1v) is 8.03. The number of furan rings is 1. The molecule has 0 aliphatic rings. The van der Waals surface area contributed by atoms with Gasteiger partial charge >= 0.3 is 0 Å². The van der Waals surface area contributed by atoms with Crippen molar-refractivity contribution >= 4 is 11.8 Å². The number of hydrogen-bond acceptors (Lipinski definition) is 5. The van der Waals surface area contributed by atoms with Gasteiger partial charge in [0.25, 0.3) is 11.5 Å². The predicted molar refractivity (Wildman–Crippen MR) is 93.4 cm³/mol. The number of rotatable bonds is 4. The van der Waals surface area contributed by atoms with Gasteiger partial charge in [-0.1, -0.05) is 0 Å². The second-order valence-corrected chi connectivity index (χ2v) is 6.00. The lowest BCUT2D eigenvalue weighted by Crippen LogP contribution is -2.41. The van der Waals surface area contributed by atoms with Crippen molar-refractivity contribution in [2.24, 2.45) is 0 Å². The summed E-state index contributed by atoms with van der Waals surface area (Å²) in [6.45, 7) is 6.79. The number of carbonyl (C=O) groups excluding carboxylic acids is 2. The summed E-state index contributed by atoms with van der Waals surface area (Å²) >= 11 is 0. The van der Waals surface area contributed by atoms with Crippen LogP contribution in [-0.4, -0.2) is 16.8 Å². The van der Waals surface area contributed by atoms with Crippen LogP contribution in [0.3, 0.4) is 0 Å². The average Bonchev–Trinajstić information content (AvgIpc) is 2.91. The fourth-order valence-electron chi connectivity index (χ4n) is 2.77. The molecule has 2 aromatic heterocycles. The molecule has 0 saturated carbocycles. The summed E-state index contributed by atoms with van der Waals surface area (Å²) < 4.78 is 5.28. The summed E-state index contributed by atoms with van der Waals surface area (Å²) in [6.07, 6.45) is 0.414. The van der Waals surface area contributed by atoms with Crippen molar-refractivity contribution in [3.05, 3.63) is 55.9 Å². The largest absolute Gasteiger partial charge is 0.466 e. The highest BCUT2D eigenvalue weighted by molar-refractivity contribution is 5.96. The molecule has 2 heterocycles. The third kappa shape index (κ3) is 4.00. The minimum atomic E-state index is -0.462. The summed E-state index contributed by atoms with van der Waals surface area (Å²) in [7, 11) is 0. The number of hydrogen-bond donors (Lipinski definition) is 3. The number of aromatic amines is 1. The Balaban J connectivity index is 1.98. The van der Waals surface area contributed by atoms with Crippen molar-refractivity contribution in [1.82, 2.24) is 15.8 Å². The lowest BCUT2D eigenvalue weighted by Gasteiger charge is -2.11. The number of aryl methyl sites for hydroxylation is 3. The molecule has 26 heavy (non-hydrogen) atoms. The van der Waals surface area contributed by atoms with Crippen molar-refractivity contribution in [1.29, 1.82) is 5.26 Å². The van der Waals surface area contributed by atoms with Crippen LogP contribution in [0.1, 0.15) is 50.7 Å². The zero-order valence-electron chi connectivity index (χ0n) is 15.1. The van der Waals surface area contributed by atoms with Gasteiger partial charge in [0.15, 0.2) is 0 Å². The van der Waals surface area contributed by atoms with Crippen molar-refractivity contribution in [2.75, 3.05) is 0 Å². The molecule has 0 bridgehead atoms. The number of nitriles is 1. The van der Waals surface area contributed by atoms with E-state index in [1.807, 2.05) is 6.07 Å². The third-order valence-electron chi connectivity index (χ3n) is 4.12. The van der Waals surface area contributed by atoms with Crippen LogP contribution in [0.25, 0.3) is 0 Å². The van der Waals surface area contributed by atoms with Crippen molar-refractivity contribution in [3.8, 4) is 6.07 Å². The fraction of sp³-hybridized carbons (Fsp3) is 0.333. The van der Waals surface area contributed by atoms with Gasteiger partial charge < -0.3 is 9.40 Å². The molecule has 2 rings (SSSR count). The van der Waals surface area contributed by atoms with Gasteiger partial charge in [0.2, 0.25) is 5.91 Å². The molecule has 0 saturated heterocycles. The summed E-state index contributed by atoms with van der Waals surface area (Å²) in [6, 6.07) is 3.46. The number of pyridine rings is 1. The molecule has 0 radical (unpaired) electrons. The first-order chi connectivity index (χ1) is 12.2. The summed E-state index contributed by atoms with van der Waals surface area (Å²) in [5, 5.41) is 9.07. The Labute approximate surface area is 150 Å². The number of nitrogens with one attached hydrogen (secondary N) is 3. The van der Waals surface area contributed by atoms with E-state index in [4.69, 9.17) is 9.68 Å². The molecule has 2 amide bonds. The van der Waals surface area contributed by atoms with Crippen LogP contribution in [-0.2, 0) is 11.2 Å². The van der Waals surface area contributed by atoms with Gasteiger partial charge in [-0.15, -0.1) is 0 Å². The molecule has 2 aromatic rings. The molecule has 136 valence electrons. The molecule has 8 nitrogen and oxygen atoms in total. The highest BCUT2D eigenvalue weighted by Crippen LogP contribution is 2.15. The average molecular weight is 356 g/mol. The van der Waals surface area contributed by atoms with E-state index in [1.54, 1.807) is 33.8 Å². The van der Waals surface area contributed by atoms with Gasteiger partial charge in [0.1, 0.15) is 23.2 Å². The lowest BCUT2D eigenvalue weighted by molar-refractivity contribution is -0.121. The zero-order chi connectivity index (χ0) is 19.4. The van der Waals surface area contributed by atoms with Gasteiger partial charge in [-0.05, 0) is 51.3 Å². The maximum absolute atomic E-state index is 12.0. The Morgan fingerprint density at radius 3 is 2.50 bits per heavy atom. The predicted octanol–water partition coefficient (Wildman–Crippen LogP) is 1.47. The molecule has 0 unspecified atom stereocenters. The van der Waals surface area contributed by atoms with Crippen LogP contribution in [0.5, 0.6) is 0 Å². The summed E-state index contributed by atoms with van der Waals surface area (Å²) in [5.41, 5.74) is 6.58. The van der Waals surface area contributed by atoms with E-state index in [0.717, 1.165) is 5.56 Å². The van der Waals surface area contributed by atoms with E-state index < -0.39 is 11.5 Å². The minimum absolute atomic E-state index is 0.0464. The highest BCUT2D eigenvalue weighted by Gasteiger charge is 2.16. The Hall–Kier alpha value is -3.34. The molecule has 0 atom stereocenters. The Kier molecular flexibility index (Phi) is 5.62. The second-order valence-electron chi connectivity index (χ2n) is 6.00. The van der Waals surface area contributed by atoms with E-state index in [9.17, 15) is 14.4 Å². The highest BCUT2D eigenvalue weighted by atomic mass is 16.3. The molecule has 0 aromatic carbocycles. The summed E-state index contributed by atoms with van der Waals surface area (Å²) in [4.78, 5) is 38.3. The van der Waals surface area contributed by atoms with Gasteiger partial charge in [-0.3, -0.25) is 25.2 Å². The minimum Gasteiger partial charge on any atom is -0.466 e. The SMILES string of the molecule is Cc1cc(C(=O)NNC(=O)CCc2c(C)[nH]c(=O)c(C#N)c2C)c(C)o1. The van der Waals surface area contributed by atoms with Gasteiger partial charge in [-0.25, -0.2) is 0 Å². The second kappa shape index (κ2) is 7.70. The molecule has 0 aliphatic carbocycles. The van der Waals surface area contributed by atoms with Crippen LogP contribution in [0.4, 0.5) is 0 Å². The molecular weight excluding hydrogens is 336 g/mol. The Morgan fingerprint density at radius 2 is 1.92 bits per heavy atom. The lowest BCUT2D eigenvalue weighted by atomic mass is 9.99. The quantitative estimate of drug-likeness (QED) is 0.715.